The van der Waals surface area contributed by atoms with Gasteiger partial charge in [0.15, 0.2) is 0 Å². The average molecular weight is 523 g/mol. The molecular weight excluding hydrogens is 473 g/mol. The molecule has 0 aromatic carbocycles. The fraction of sp³-hybridized carbons (Fsp3) is 0.333. The fourth-order valence-corrected chi connectivity index (χ4v) is 97.6. The highest BCUT2D eigenvalue weighted by molar-refractivity contribution is 7.91. The van der Waals surface area contributed by atoms with Crippen LogP contribution in [0.1, 0.15) is 0 Å². The highest BCUT2D eigenvalue weighted by Gasteiger charge is 2.70. The van der Waals surface area contributed by atoms with Crippen LogP contribution in [0.25, 0.3) is 0 Å². The van der Waals surface area contributed by atoms with Crippen molar-refractivity contribution in [1.29, 1.82) is 0 Å². The first-order valence-electron chi connectivity index (χ1n) is 12.5. The van der Waals surface area contributed by atoms with Gasteiger partial charge in [0, 0.05) is 6.63 Å². The van der Waals surface area contributed by atoms with Gasteiger partial charge in [-0.25, -0.2) is 0 Å². The van der Waals surface area contributed by atoms with Crippen LogP contribution >= 0.6 is 0 Å². The third kappa shape index (κ3) is 6.09. The van der Waals surface area contributed by atoms with Crippen molar-refractivity contribution in [3.05, 3.63) is 127 Å². The van der Waals surface area contributed by atoms with E-state index in [1.165, 1.54) is 0 Å². The summed E-state index contributed by atoms with van der Waals surface area (Å²) in [5.74, 6) is 0. The zero-order chi connectivity index (χ0) is 26.1. The van der Waals surface area contributed by atoms with Crippen molar-refractivity contribution in [3.8, 4) is 0 Å². The van der Waals surface area contributed by atoms with Gasteiger partial charge in [0.1, 0.15) is 0 Å². The molecule has 0 saturated carbocycles. The van der Waals surface area contributed by atoms with Crippen LogP contribution in [0.5, 0.6) is 0 Å². The number of rotatable bonds is 23. The van der Waals surface area contributed by atoms with Gasteiger partial charge in [-0.2, -0.15) is 0 Å². The molecule has 0 unspecified atom stereocenters. The first-order valence-corrected chi connectivity index (χ1v) is 25.5. The maximum Gasteiger partial charge on any atom is 0.0543 e. The van der Waals surface area contributed by atoms with Crippen molar-refractivity contribution in [2.24, 2.45) is 0 Å². The summed E-state index contributed by atoms with van der Waals surface area (Å²) in [6, 6.07) is 10.9. The van der Waals surface area contributed by atoms with Crippen LogP contribution in [0, 0.1) is 0 Å². The maximum absolute atomic E-state index is 4.40. The number of hydrogen-bond donors (Lipinski definition) is 0. The van der Waals surface area contributed by atoms with Crippen LogP contribution in [0.3, 0.4) is 0 Å². The third-order valence-corrected chi connectivity index (χ3v) is 76.2. The zero-order valence-electron chi connectivity index (χ0n) is 21.9. The molecule has 0 aromatic heterocycles. The lowest BCUT2D eigenvalue weighted by Crippen LogP contribution is -2.88. The van der Waals surface area contributed by atoms with E-state index in [-0.39, 0.29) is 0 Å². The summed E-state index contributed by atoms with van der Waals surface area (Å²) < 4.78 is 0. The van der Waals surface area contributed by atoms with Crippen LogP contribution < -0.4 is 0 Å². The lowest BCUT2D eigenvalue weighted by atomic mass is 10.7. The van der Waals surface area contributed by atoms with Gasteiger partial charge in [0.2, 0.25) is 0 Å². The van der Waals surface area contributed by atoms with Gasteiger partial charge in [0.05, 0.1) is 22.8 Å². The summed E-state index contributed by atoms with van der Waals surface area (Å²) in [6.07, 6.45) is 22.1. The highest BCUT2D eigenvalue weighted by Crippen LogP contribution is 2.54. The van der Waals surface area contributed by atoms with Gasteiger partial charge >= 0.3 is 0 Å². The SMILES string of the molecule is C=CC[Si](CC=C)(CC=C)[Si](CC=C)([Si](CC=C)(CC=C)CC=C)[Si](CC=C)(CC=C)CC=C. The van der Waals surface area contributed by atoms with Gasteiger partial charge in [0.25, 0.3) is 0 Å². The predicted octanol–water partition coefficient (Wildman–Crippen LogP) is 9.88. The second-order valence-electron chi connectivity index (χ2n) is 9.67. The van der Waals surface area contributed by atoms with Crippen LogP contribution in [-0.2, 0) is 0 Å². The topological polar surface area (TPSA) is 0 Å². The van der Waals surface area contributed by atoms with Gasteiger partial charge < -0.3 is 0 Å². The Bertz CT molecular complexity index is 585. The number of allylic oxidation sites excluding steroid dienone is 10. The molecule has 0 aromatic rings. The molecule has 34 heavy (non-hydrogen) atoms. The van der Waals surface area contributed by atoms with Gasteiger partial charge in [-0.05, 0) is 60.4 Å². The van der Waals surface area contributed by atoms with Gasteiger partial charge in [-0.1, -0.05) is 60.8 Å². The number of hydrogen-bond acceptors (Lipinski definition) is 0. The van der Waals surface area contributed by atoms with Crippen LogP contribution in [0.4, 0.5) is 0 Å². The summed E-state index contributed by atoms with van der Waals surface area (Å²) >= 11 is 0. The van der Waals surface area contributed by atoms with E-state index >= 15 is 0 Å². The smallest absolute Gasteiger partial charge is 0.0543 e. The highest BCUT2D eigenvalue weighted by atomic mass is 29.9. The Balaban J connectivity index is 8.45. The quantitative estimate of drug-likeness (QED) is 0.0924. The molecule has 0 aliphatic heterocycles. The minimum atomic E-state index is -2.17. The molecule has 0 N–H and O–H groups in total. The van der Waals surface area contributed by atoms with Crippen molar-refractivity contribution < 1.29 is 0 Å². The molecule has 0 spiro atoms. The largest absolute Gasteiger partial charge is 0.103 e. The molecule has 4 heteroatoms. The molecule has 0 rings (SSSR count). The standard InChI is InChI=1S/C30H50Si4/c1-11-21-31(22-12-2,23-13-3)34(30-20-10,32(24-14-4,25-15-5)26-16-6)33(27-17-7,28-18-8)29-19-9/h11-20H,1-10,21-30H2. The molecule has 0 nitrogen and oxygen atoms in total. The van der Waals surface area contributed by atoms with E-state index in [1.54, 1.807) is 0 Å². The molecule has 0 aliphatic carbocycles. The monoisotopic (exact) mass is 522 g/mol. The lowest BCUT2D eigenvalue weighted by molar-refractivity contribution is 1.33. The van der Waals surface area contributed by atoms with Crippen molar-refractivity contribution in [2.75, 3.05) is 0 Å². The van der Waals surface area contributed by atoms with E-state index < -0.39 is 29.4 Å². The van der Waals surface area contributed by atoms with Gasteiger partial charge in [-0.15, -0.1) is 65.8 Å². The summed E-state index contributed by atoms with van der Waals surface area (Å²) in [5, 5.41) is 0. The molecule has 0 fully saturated rings. The first-order chi connectivity index (χ1) is 16.4. The summed E-state index contributed by atoms with van der Waals surface area (Å²) in [7, 11) is -6.12. The molecule has 0 amide bonds. The molecular formula is C30H50Si4. The van der Waals surface area contributed by atoms with Crippen LogP contribution in [-0.4, -0.2) is 29.4 Å². The molecule has 0 saturated heterocycles. The molecule has 0 bridgehead atoms. The second kappa shape index (κ2) is 16.0. The average Bonchev–Trinajstić information content (AvgIpc) is 2.78. The van der Waals surface area contributed by atoms with Crippen molar-refractivity contribution in [2.45, 2.75) is 60.4 Å². The van der Waals surface area contributed by atoms with Gasteiger partial charge in [-0.3, -0.25) is 0 Å². The zero-order valence-corrected chi connectivity index (χ0v) is 25.9. The van der Waals surface area contributed by atoms with E-state index in [1.807, 2.05) is 0 Å². The molecule has 186 valence electrons. The Kier molecular flexibility index (Phi) is 15.2. The first kappa shape index (κ1) is 32.3. The fourth-order valence-electron chi connectivity index (χ4n) is 7.36. The lowest BCUT2D eigenvalue weighted by Gasteiger charge is -2.65. The predicted molar refractivity (Wildman–Crippen MR) is 173 cm³/mol. The Morgan fingerprint density at radius 2 is 0.412 bits per heavy atom. The van der Waals surface area contributed by atoms with Crippen molar-refractivity contribution >= 4 is 29.4 Å². The minimum Gasteiger partial charge on any atom is -0.103 e. The molecule has 0 atom stereocenters. The normalized spacial score (nSPS) is 12.1. The summed E-state index contributed by atoms with van der Waals surface area (Å²) in [6.45, 7) is 40.9. The minimum absolute atomic E-state index is 1.09. The summed E-state index contributed by atoms with van der Waals surface area (Å²) in [5.41, 5.74) is 0. The van der Waals surface area contributed by atoms with Crippen LogP contribution in [0.15, 0.2) is 127 Å². The Morgan fingerprint density at radius 3 is 0.529 bits per heavy atom. The second-order valence-corrected chi connectivity index (χ2v) is 45.0. The Morgan fingerprint density at radius 1 is 0.265 bits per heavy atom. The summed E-state index contributed by atoms with van der Waals surface area (Å²) in [4.78, 5) is 0. The Hall–Kier alpha value is -1.73. The van der Waals surface area contributed by atoms with E-state index in [9.17, 15) is 0 Å². The van der Waals surface area contributed by atoms with Crippen LogP contribution in [0.2, 0.25) is 60.4 Å². The molecule has 0 aliphatic rings. The van der Waals surface area contributed by atoms with E-state index in [4.69, 9.17) is 0 Å². The van der Waals surface area contributed by atoms with E-state index in [0.29, 0.717) is 0 Å². The van der Waals surface area contributed by atoms with Crippen molar-refractivity contribution in [1.82, 2.24) is 0 Å². The maximum atomic E-state index is 4.40. The molecule has 0 radical (unpaired) electrons. The van der Waals surface area contributed by atoms with E-state index in [0.717, 1.165) is 60.4 Å². The molecule has 0 heterocycles. The van der Waals surface area contributed by atoms with E-state index in [2.05, 4.69) is 127 Å². The third-order valence-electron chi connectivity index (χ3n) is 7.98. The van der Waals surface area contributed by atoms with Crippen molar-refractivity contribution in [3.63, 3.8) is 0 Å². The Labute approximate surface area is 215 Å².